The van der Waals surface area contributed by atoms with E-state index in [-0.39, 0.29) is 18.7 Å². The van der Waals surface area contributed by atoms with Crippen molar-refractivity contribution in [1.82, 2.24) is 5.32 Å². The number of rotatable bonds is 5. The molecule has 0 aliphatic carbocycles. The fourth-order valence-electron chi connectivity index (χ4n) is 1.65. The number of nitrogens with one attached hydrogen (secondary N) is 1. The van der Waals surface area contributed by atoms with Gasteiger partial charge >= 0.3 is 0 Å². The molecule has 1 aromatic carbocycles. The van der Waals surface area contributed by atoms with Crippen LogP contribution in [0, 0.1) is 0 Å². The van der Waals surface area contributed by atoms with Gasteiger partial charge in [0.2, 0.25) is 0 Å². The summed E-state index contributed by atoms with van der Waals surface area (Å²) in [4.78, 5) is 0. The average molecular weight is 209 g/mol. The number of benzene rings is 1. The Morgan fingerprint density at radius 3 is 2.53 bits per heavy atom. The fraction of sp³-hybridized carbons (Fsp3) is 0.500. The molecule has 2 atom stereocenters. The van der Waals surface area contributed by atoms with E-state index >= 15 is 0 Å². The second-order valence-electron chi connectivity index (χ2n) is 3.86. The van der Waals surface area contributed by atoms with Gasteiger partial charge in [0, 0.05) is 24.3 Å². The van der Waals surface area contributed by atoms with Crippen LogP contribution in [0.3, 0.4) is 0 Å². The largest absolute Gasteiger partial charge is 0.508 e. The number of aromatic hydroxyl groups is 1. The predicted molar refractivity (Wildman–Crippen MR) is 60.8 cm³/mol. The van der Waals surface area contributed by atoms with Crippen molar-refractivity contribution >= 4 is 0 Å². The number of aliphatic hydroxyl groups is 1. The first-order valence-corrected chi connectivity index (χ1v) is 5.30. The highest BCUT2D eigenvalue weighted by Crippen LogP contribution is 2.23. The molecular formula is C12H19NO2. The molecule has 1 rings (SSSR count). The lowest BCUT2D eigenvalue weighted by Crippen LogP contribution is -2.29. The Morgan fingerprint density at radius 2 is 1.93 bits per heavy atom. The summed E-state index contributed by atoms with van der Waals surface area (Å²) >= 11 is 0. The number of hydrogen-bond acceptors (Lipinski definition) is 3. The Kier molecular flexibility index (Phi) is 4.59. The van der Waals surface area contributed by atoms with Crippen molar-refractivity contribution in [2.45, 2.75) is 32.4 Å². The maximum absolute atomic E-state index is 9.63. The van der Waals surface area contributed by atoms with E-state index in [1.165, 1.54) is 0 Å². The second-order valence-corrected chi connectivity index (χ2v) is 3.86. The smallest absolute Gasteiger partial charge is 0.120 e. The number of hydrogen-bond donors (Lipinski definition) is 3. The van der Waals surface area contributed by atoms with E-state index in [4.69, 9.17) is 5.11 Å². The molecule has 3 nitrogen and oxygen atoms in total. The zero-order valence-electron chi connectivity index (χ0n) is 9.27. The topological polar surface area (TPSA) is 52.5 Å². The second kappa shape index (κ2) is 5.73. The number of phenolic OH excluding ortho intramolecular Hbond substituents is 1. The maximum atomic E-state index is 9.63. The quantitative estimate of drug-likeness (QED) is 0.693. The third kappa shape index (κ3) is 3.53. The molecular weight excluding hydrogens is 190 g/mol. The van der Waals surface area contributed by atoms with Gasteiger partial charge in [0.25, 0.3) is 0 Å². The Bertz CT molecular complexity index is 301. The molecule has 0 bridgehead atoms. The normalized spacial score (nSPS) is 14.9. The zero-order valence-corrected chi connectivity index (χ0v) is 9.27. The van der Waals surface area contributed by atoms with Crippen LogP contribution in [0.2, 0.25) is 0 Å². The summed E-state index contributed by atoms with van der Waals surface area (Å²) in [6, 6.07) is 7.63. The lowest BCUT2D eigenvalue weighted by molar-refractivity contribution is 0.264. The molecule has 0 amide bonds. The van der Waals surface area contributed by atoms with Crippen LogP contribution in [0.1, 0.15) is 31.9 Å². The van der Waals surface area contributed by atoms with Crippen LogP contribution < -0.4 is 5.32 Å². The van der Waals surface area contributed by atoms with Gasteiger partial charge in [0.05, 0.1) is 0 Å². The number of aliphatic hydroxyl groups excluding tert-OH is 1. The van der Waals surface area contributed by atoms with Crippen LogP contribution >= 0.6 is 0 Å². The molecule has 3 N–H and O–H groups in total. The molecule has 2 unspecified atom stereocenters. The van der Waals surface area contributed by atoms with Gasteiger partial charge in [-0.2, -0.15) is 0 Å². The minimum atomic E-state index is 0.0905. The van der Waals surface area contributed by atoms with Gasteiger partial charge in [-0.1, -0.05) is 18.2 Å². The molecule has 0 radical (unpaired) electrons. The zero-order chi connectivity index (χ0) is 11.3. The summed E-state index contributed by atoms with van der Waals surface area (Å²) in [5.74, 6) is 0.314. The SMILES string of the molecule is CC(CCO)NC(C)c1ccccc1O. The summed E-state index contributed by atoms with van der Waals surface area (Å²) in [5, 5.41) is 21.7. The van der Waals surface area contributed by atoms with E-state index in [0.717, 1.165) is 12.0 Å². The van der Waals surface area contributed by atoms with Gasteiger partial charge in [-0.05, 0) is 26.3 Å². The van der Waals surface area contributed by atoms with Crippen molar-refractivity contribution in [3.63, 3.8) is 0 Å². The molecule has 0 aliphatic rings. The first kappa shape index (κ1) is 12.0. The highest BCUT2D eigenvalue weighted by Gasteiger charge is 2.11. The Morgan fingerprint density at radius 1 is 1.27 bits per heavy atom. The van der Waals surface area contributed by atoms with Crippen LogP contribution in [0.5, 0.6) is 5.75 Å². The van der Waals surface area contributed by atoms with Crippen molar-refractivity contribution in [3.05, 3.63) is 29.8 Å². The third-order valence-corrected chi connectivity index (χ3v) is 2.50. The fourth-order valence-corrected chi connectivity index (χ4v) is 1.65. The maximum Gasteiger partial charge on any atom is 0.120 e. The van der Waals surface area contributed by atoms with Gasteiger partial charge in [-0.15, -0.1) is 0 Å². The van der Waals surface area contributed by atoms with Crippen molar-refractivity contribution in [2.75, 3.05) is 6.61 Å². The van der Waals surface area contributed by atoms with E-state index < -0.39 is 0 Å². The highest BCUT2D eigenvalue weighted by molar-refractivity contribution is 5.34. The molecule has 3 heteroatoms. The first-order valence-electron chi connectivity index (χ1n) is 5.30. The van der Waals surface area contributed by atoms with Crippen LogP contribution in [-0.2, 0) is 0 Å². The van der Waals surface area contributed by atoms with Crippen molar-refractivity contribution in [2.24, 2.45) is 0 Å². The number of phenols is 1. The molecule has 0 spiro atoms. The van der Waals surface area contributed by atoms with Crippen LogP contribution in [0.4, 0.5) is 0 Å². The monoisotopic (exact) mass is 209 g/mol. The average Bonchev–Trinajstić information content (AvgIpc) is 2.18. The third-order valence-electron chi connectivity index (χ3n) is 2.50. The van der Waals surface area contributed by atoms with E-state index in [0.29, 0.717) is 5.75 Å². The van der Waals surface area contributed by atoms with Crippen LogP contribution in [0.25, 0.3) is 0 Å². The van der Waals surface area contributed by atoms with Gasteiger partial charge in [0.15, 0.2) is 0 Å². The standard InChI is InChI=1S/C12H19NO2/c1-9(7-8-14)13-10(2)11-5-3-4-6-12(11)15/h3-6,9-10,13-15H,7-8H2,1-2H3. The van der Waals surface area contributed by atoms with Gasteiger partial charge < -0.3 is 15.5 Å². The van der Waals surface area contributed by atoms with E-state index in [1.54, 1.807) is 6.07 Å². The Hall–Kier alpha value is -1.06. The lowest BCUT2D eigenvalue weighted by atomic mass is 10.1. The van der Waals surface area contributed by atoms with Gasteiger partial charge in [-0.3, -0.25) is 0 Å². The highest BCUT2D eigenvalue weighted by atomic mass is 16.3. The molecule has 0 fully saturated rings. The molecule has 0 heterocycles. The predicted octanol–water partition coefficient (Wildman–Crippen LogP) is 1.81. The van der Waals surface area contributed by atoms with Crippen molar-refractivity contribution < 1.29 is 10.2 Å². The van der Waals surface area contributed by atoms with E-state index in [2.05, 4.69) is 5.32 Å². The first-order chi connectivity index (χ1) is 7.15. The molecule has 0 aromatic heterocycles. The summed E-state index contributed by atoms with van der Waals surface area (Å²) in [5.41, 5.74) is 0.891. The summed E-state index contributed by atoms with van der Waals surface area (Å²) in [6.45, 7) is 4.21. The molecule has 1 aromatic rings. The summed E-state index contributed by atoms with van der Waals surface area (Å²) in [6.07, 6.45) is 0.720. The minimum absolute atomic E-state index is 0.0905. The van der Waals surface area contributed by atoms with Crippen LogP contribution in [-0.4, -0.2) is 22.9 Å². The van der Waals surface area contributed by atoms with Crippen molar-refractivity contribution in [1.29, 1.82) is 0 Å². The summed E-state index contributed by atoms with van der Waals surface area (Å²) in [7, 11) is 0. The van der Waals surface area contributed by atoms with Crippen molar-refractivity contribution in [3.8, 4) is 5.75 Å². The number of para-hydroxylation sites is 1. The Balaban J connectivity index is 2.61. The minimum Gasteiger partial charge on any atom is -0.508 e. The van der Waals surface area contributed by atoms with Crippen LogP contribution in [0.15, 0.2) is 24.3 Å². The lowest BCUT2D eigenvalue weighted by Gasteiger charge is -2.20. The molecule has 0 saturated carbocycles. The van der Waals surface area contributed by atoms with E-state index in [1.807, 2.05) is 32.0 Å². The molecule has 0 aliphatic heterocycles. The van der Waals surface area contributed by atoms with Gasteiger partial charge in [-0.25, -0.2) is 0 Å². The Labute approximate surface area is 90.8 Å². The molecule has 0 saturated heterocycles. The summed E-state index contributed by atoms with van der Waals surface area (Å²) < 4.78 is 0. The molecule has 15 heavy (non-hydrogen) atoms. The van der Waals surface area contributed by atoms with Gasteiger partial charge in [0.1, 0.15) is 5.75 Å². The molecule has 84 valence electrons. The van der Waals surface area contributed by atoms with E-state index in [9.17, 15) is 5.11 Å².